The molecule has 1 aliphatic rings. The largest absolute Gasteiger partial charge is 0.347 e. The van der Waals surface area contributed by atoms with Crippen molar-refractivity contribution in [3.8, 4) is 0 Å². The molecule has 2 amide bonds. The van der Waals surface area contributed by atoms with E-state index in [1.54, 1.807) is 24.3 Å². The Hall–Kier alpha value is -1.02. The number of hydrogen-bond donors (Lipinski definition) is 2. The van der Waals surface area contributed by atoms with Gasteiger partial charge >= 0.3 is 6.03 Å². The molecule has 0 aromatic heterocycles. The van der Waals surface area contributed by atoms with Gasteiger partial charge in [0.25, 0.3) is 0 Å². The molecule has 2 N–H and O–H groups in total. The monoisotopic (exact) mass is 373 g/mol. The Labute approximate surface area is 150 Å². The van der Waals surface area contributed by atoms with E-state index < -0.39 is 16.9 Å². The molecule has 8 heteroatoms. The molecule has 0 aliphatic carbocycles. The molecular weight excluding hydrogens is 354 g/mol. The first-order valence-electron chi connectivity index (χ1n) is 7.19. The Bertz CT molecular complexity index is 624. The normalized spacial score (nSPS) is 20.0. The molecule has 1 atom stereocenters. The molecule has 1 saturated heterocycles. The van der Waals surface area contributed by atoms with Gasteiger partial charge in [0.2, 0.25) is 0 Å². The van der Waals surface area contributed by atoms with Crippen molar-refractivity contribution in [2.75, 3.05) is 5.32 Å². The summed E-state index contributed by atoms with van der Waals surface area (Å²) in [4.78, 5) is 14.3. The Balaban J connectivity index is 2.21. The van der Waals surface area contributed by atoms with Crippen LogP contribution in [0.25, 0.3) is 0 Å². The number of thiocarbonyl (C=S) groups is 1. The zero-order valence-electron chi connectivity index (χ0n) is 13.4. The highest BCUT2D eigenvalue weighted by Gasteiger charge is 2.50. The maximum atomic E-state index is 12.4. The van der Waals surface area contributed by atoms with Gasteiger partial charge in [0.05, 0.1) is 4.75 Å². The number of nitrogens with one attached hydrogen (secondary N) is 1. The number of urea groups is 1. The van der Waals surface area contributed by atoms with Crippen molar-refractivity contribution >= 4 is 51.6 Å². The minimum atomic E-state index is -0.624. The van der Waals surface area contributed by atoms with Gasteiger partial charge in [-0.25, -0.2) is 4.79 Å². The number of thioether (sulfide) groups is 1. The highest BCUT2D eigenvalue weighted by molar-refractivity contribution is 8.24. The van der Waals surface area contributed by atoms with Gasteiger partial charge in [0, 0.05) is 16.8 Å². The lowest BCUT2D eigenvalue weighted by Crippen LogP contribution is -2.57. The molecule has 2 rings (SSSR count). The van der Waals surface area contributed by atoms with E-state index in [1.165, 1.54) is 11.8 Å². The quantitative estimate of drug-likeness (QED) is 0.467. The van der Waals surface area contributed by atoms with Crippen LogP contribution in [0, 0.1) is 0 Å². The third-order valence-corrected chi connectivity index (χ3v) is 5.34. The topological polar surface area (TPSA) is 55.8 Å². The fourth-order valence-corrected chi connectivity index (χ4v) is 4.86. The van der Waals surface area contributed by atoms with Crippen LogP contribution in [-0.4, -0.2) is 42.5 Å². The number of carbonyl (C=O) groups is 1. The van der Waals surface area contributed by atoms with Gasteiger partial charge in [0.1, 0.15) is 10.5 Å². The molecule has 0 radical (unpaired) electrons. The third-order valence-electron chi connectivity index (χ3n) is 3.52. The number of halogens is 1. The van der Waals surface area contributed by atoms with Crippen LogP contribution >= 0.6 is 35.6 Å². The Morgan fingerprint density at radius 1 is 1.52 bits per heavy atom. The summed E-state index contributed by atoms with van der Waals surface area (Å²) in [6, 6.07) is 6.20. The number of hydroxylamine groups is 2. The first kappa shape index (κ1) is 18.3. The van der Waals surface area contributed by atoms with Crippen molar-refractivity contribution in [2.45, 2.75) is 44.6 Å². The first-order chi connectivity index (χ1) is 10.6. The molecule has 0 spiro atoms. The van der Waals surface area contributed by atoms with Crippen molar-refractivity contribution < 1.29 is 10.0 Å². The summed E-state index contributed by atoms with van der Waals surface area (Å²) in [6.07, 6.45) is -0.556. The molecule has 126 valence electrons. The molecule has 5 nitrogen and oxygen atoms in total. The second kappa shape index (κ2) is 6.84. The van der Waals surface area contributed by atoms with Crippen LogP contribution in [0.1, 0.15) is 27.7 Å². The van der Waals surface area contributed by atoms with Gasteiger partial charge in [-0.3, -0.25) is 5.21 Å². The van der Waals surface area contributed by atoms with E-state index in [2.05, 4.69) is 5.32 Å². The van der Waals surface area contributed by atoms with Crippen molar-refractivity contribution in [1.82, 2.24) is 9.96 Å². The number of hydrogen-bond acceptors (Lipinski definition) is 4. The van der Waals surface area contributed by atoms with Crippen molar-refractivity contribution in [1.29, 1.82) is 0 Å². The number of nitrogens with zero attached hydrogens (tertiary/aromatic N) is 2. The summed E-state index contributed by atoms with van der Waals surface area (Å²) in [5, 5.41) is 14.4. The minimum Gasteiger partial charge on any atom is -0.331 e. The molecule has 1 heterocycles. The lowest BCUT2D eigenvalue weighted by molar-refractivity contribution is -0.119. The maximum Gasteiger partial charge on any atom is 0.347 e. The fraction of sp³-hybridized carbons (Fsp3) is 0.467. The summed E-state index contributed by atoms with van der Waals surface area (Å²) < 4.78 is 0.242. The summed E-state index contributed by atoms with van der Waals surface area (Å²) in [5.74, 6) is 0. The van der Waals surface area contributed by atoms with E-state index in [0.29, 0.717) is 20.1 Å². The van der Waals surface area contributed by atoms with Gasteiger partial charge < -0.3 is 10.2 Å². The molecule has 1 aromatic carbocycles. The van der Waals surface area contributed by atoms with Gasteiger partial charge in [-0.2, -0.15) is 5.06 Å². The Morgan fingerprint density at radius 3 is 2.74 bits per heavy atom. The first-order valence-corrected chi connectivity index (χ1v) is 8.79. The third kappa shape index (κ3) is 3.91. The van der Waals surface area contributed by atoms with Crippen LogP contribution in [0.2, 0.25) is 5.02 Å². The number of carbonyl (C=O) groups excluding carboxylic acids is 1. The SMILES string of the molecule is CC(C)N1C(=S)SC(C)(C)[C@@H]1N(O)C(=O)Nc1cccc(Cl)c1. The summed E-state index contributed by atoms with van der Waals surface area (Å²) in [5.41, 5.74) is 0.517. The van der Waals surface area contributed by atoms with Crippen LogP contribution in [0.4, 0.5) is 10.5 Å². The van der Waals surface area contributed by atoms with Crippen molar-refractivity contribution in [3.05, 3.63) is 29.3 Å². The van der Waals surface area contributed by atoms with E-state index in [0.717, 1.165) is 0 Å². The number of benzene rings is 1. The number of anilines is 1. The second-order valence-corrected chi connectivity index (χ2v) is 8.86. The Kier molecular flexibility index (Phi) is 5.45. The van der Waals surface area contributed by atoms with Crippen LogP contribution in [0.3, 0.4) is 0 Å². The molecule has 1 aliphatic heterocycles. The second-order valence-electron chi connectivity index (χ2n) is 6.13. The zero-order valence-corrected chi connectivity index (χ0v) is 15.8. The molecule has 23 heavy (non-hydrogen) atoms. The van der Waals surface area contributed by atoms with Gasteiger partial charge in [-0.05, 0) is 45.9 Å². The molecular formula is C15H20ClN3O2S2. The van der Waals surface area contributed by atoms with Gasteiger partial charge in [-0.1, -0.05) is 41.6 Å². The van der Waals surface area contributed by atoms with E-state index >= 15 is 0 Å². The van der Waals surface area contributed by atoms with Crippen LogP contribution in [0.15, 0.2) is 24.3 Å². The molecule has 1 fully saturated rings. The highest BCUT2D eigenvalue weighted by Crippen LogP contribution is 2.43. The average molecular weight is 374 g/mol. The predicted octanol–water partition coefficient (Wildman–Crippen LogP) is 4.41. The maximum absolute atomic E-state index is 12.4. The van der Waals surface area contributed by atoms with Crippen molar-refractivity contribution in [2.24, 2.45) is 0 Å². The molecule has 1 aromatic rings. The average Bonchev–Trinajstić information content (AvgIpc) is 2.66. The fourth-order valence-electron chi connectivity index (χ4n) is 2.53. The van der Waals surface area contributed by atoms with E-state index in [-0.39, 0.29) is 6.04 Å². The lowest BCUT2D eigenvalue weighted by atomic mass is 10.1. The number of rotatable bonds is 3. The standard InChI is InChI=1S/C15H20ClN3O2S2/c1-9(2)18-12(15(3,4)23-14(18)22)19(21)13(20)17-11-7-5-6-10(16)8-11/h5-9,12,21H,1-4H3,(H,17,20)/t12-/m0/s1. The van der Waals surface area contributed by atoms with Crippen LogP contribution in [0.5, 0.6) is 0 Å². The van der Waals surface area contributed by atoms with Gasteiger partial charge in [-0.15, -0.1) is 0 Å². The lowest BCUT2D eigenvalue weighted by Gasteiger charge is -2.38. The molecule has 0 saturated carbocycles. The van der Waals surface area contributed by atoms with Crippen molar-refractivity contribution in [3.63, 3.8) is 0 Å². The van der Waals surface area contributed by atoms with E-state index in [9.17, 15) is 10.0 Å². The van der Waals surface area contributed by atoms with E-state index in [1.807, 2.05) is 32.6 Å². The minimum absolute atomic E-state index is 0.0652. The molecule has 0 unspecified atom stereocenters. The molecule has 0 bridgehead atoms. The summed E-state index contributed by atoms with van der Waals surface area (Å²) in [7, 11) is 0. The van der Waals surface area contributed by atoms with Crippen LogP contribution < -0.4 is 5.32 Å². The highest BCUT2D eigenvalue weighted by atomic mass is 35.5. The van der Waals surface area contributed by atoms with Gasteiger partial charge in [0.15, 0.2) is 0 Å². The number of amides is 2. The zero-order chi connectivity index (χ0) is 17.4. The summed E-state index contributed by atoms with van der Waals surface area (Å²) >= 11 is 12.8. The van der Waals surface area contributed by atoms with E-state index in [4.69, 9.17) is 23.8 Å². The predicted molar refractivity (Wildman–Crippen MR) is 99.1 cm³/mol. The summed E-state index contributed by atoms with van der Waals surface area (Å²) in [6.45, 7) is 7.85. The smallest absolute Gasteiger partial charge is 0.331 e. The van der Waals surface area contributed by atoms with Crippen LogP contribution in [-0.2, 0) is 0 Å². The Morgan fingerprint density at radius 2 is 2.17 bits per heavy atom.